The van der Waals surface area contributed by atoms with E-state index < -0.39 is 0 Å². The highest BCUT2D eigenvalue weighted by Gasteiger charge is 2.01. The van der Waals surface area contributed by atoms with Crippen LogP contribution in [0.2, 0.25) is 0 Å². The van der Waals surface area contributed by atoms with E-state index in [1.165, 1.54) is 51.0 Å². The van der Waals surface area contributed by atoms with Gasteiger partial charge in [0.05, 0.1) is 0 Å². The minimum atomic E-state index is 1.07. The van der Waals surface area contributed by atoms with Crippen LogP contribution in [0.1, 0.15) is 46.5 Å². The molecule has 0 unspecified atom stereocenters. The Hall–Kier alpha value is -0.760. The second kappa shape index (κ2) is 11.7. The largest absolute Gasteiger partial charge is 0.389 e. The quantitative estimate of drug-likeness (QED) is 0.437. The van der Waals surface area contributed by atoms with Gasteiger partial charge in [0.1, 0.15) is 0 Å². The maximum Gasteiger partial charge on any atom is 0.0144 e. The molecule has 2 heteroatoms. The zero-order valence-corrected chi connectivity index (χ0v) is 12.0. The molecule has 0 bridgehead atoms. The predicted molar refractivity (Wildman–Crippen MR) is 78.2 cm³/mol. The molecule has 17 heavy (non-hydrogen) atoms. The van der Waals surface area contributed by atoms with Crippen LogP contribution in [0.15, 0.2) is 24.4 Å². The number of allylic oxidation sites excluding steroid dienone is 3. The van der Waals surface area contributed by atoms with Gasteiger partial charge in [0, 0.05) is 12.2 Å². The van der Waals surface area contributed by atoms with Gasteiger partial charge in [-0.3, -0.25) is 0 Å². The average molecular weight is 238 g/mol. The SMILES string of the molecule is C=C/C=C(\C)NCCCCN(CCC)CCC. The van der Waals surface area contributed by atoms with Crippen molar-refractivity contribution < 1.29 is 0 Å². The van der Waals surface area contributed by atoms with Crippen LogP contribution in [0.5, 0.6) is 0 Å². The first-order valence-electron chi connectivity index (χ1n) is 7.00. The normalized spacial score (nSPS) is 11.9. The van der Waals surface area contributed by atoms with Gasteiger partial charge in [0.25, 0.3) is 0 Å². The number of unbranched alkanes of at least 4 members (excludes halogenated alkanes) is 1. The zero-order valence-electron chi connectivity index (χ0n) is 12.0. The van der Waals surface area contributed by atoms with Crippen LogP contribution in [0.4, 0.5) is 0 Å². The van der Waals surface area contributed by atoms with Crippen molar-refractivity contribution in [2.75, 3.05) is 26.2 Å². The first kappa shape index (κ1) is 16.2. The zero-order chi connectivity index (χ0) is 12.9. The van der Waals surface area contributed by atoms with E-state index in [2.05, 4.69) is 37.6 Å². The summed E-state index contributed by atoms with van der Waals surface area (Å²) < 4.78 is 0. The maximum atomic E-state index is 3.69. The van der Waals surface area contributed by atoms with Gasteiger partial charge in [-0.05, 0) is 58.3 Å². The molecule has 0 rings (SSSR count). The van der Waals surface area contributed by atoms with Crippen molar-refractivity contribution in [3.8, 4) is 0 Å². The van der Waals surface area contributed by atoms with Gasteiger partial charge in [0.2, 0.25) is 0 Å². The van der Waals surface area contributed by atoms with Crippen molar-refractivity contribution in [3.05, 3.63) is 24.4 Å². The summed E-state index contributed by atoms with van der Waals surface area (Å²) in [6.07, 6.45) is 8.90. The third-order valence-corrected chi connectivity index (χ3v) is 2.75. The van der Waals surface area contributed by atoms with Crippen molar-refractivity contribution in [3.63, 3.8) is 0 Å². The Morgan fingerprint density at radius 1 is 1.12 bits per heavy atom. The first-order valence-corrected chi connectivity index (χ1v) is 7.00. The van der Waals surface area contributed by atoms with Crippen molar-refractivity contribution >= 4 is 0 Å². The van der Waals surface area contributed by atoms with E-state index in [0.717, 1.165) is 6.54 Å². The van der Waals surface area contributed by atoms with E-state index in [1.54, 1.807) is 0 Å². The molecular formula is C15H30N2. The van der Waals surface area contributed by atoms with E-state index in [4.69, 9.17) is 0 Å². The second-order valence-electron chi connectivity index (χ2n) is 4.56. The van der Waals surface area contributed by atoms with E-state index in [9.17, 15) is 0 Å². The molecule has 0 amide bonds. The van der Waals surface area contributed by atoms with Crippen LogP contribution < -0.4 is 5.32 Å². The Labute approximate surface area is 108 Å². The minimum Gasteiger partial charge on any atom is -0.389 e. The van der Waals surface area contributed by atoms with Gasteiger partial charge in [-0.25, -0.2) is 0 Å². The van der Waals surface area contributed by atoms with Gasteiger partial charge < -0.3 is 10.2 Å². The molecule has 0 aromatic rings. The molecule has 0 aliphatic heterocycles. The lowest BCUT2D eigenvalue weighted by Crippen LogP contribution is -2.27. The van der Waals surface area contributed by atoms with Gasteiger partial charge in [-0.15, -0.1) is 0 Å². The molecule has 0 fully saturated rings. The molecule has 0 aliphatic carbocycles. The van der Waals surface area contributed by atoms with Crippen molar-refractivity contribution in [1.29, 1.82) is 0 Å². The molecule has 0 heterocycles. The molecule has 100 valence electrons. The second-order valence-corrected chi connectivity index (χ2v) is 4.56. The highest BCUT2D eigenvalue weighted by molar-refractivity contribution is 5.05. The Bertz CT molecular complexity index is 203. The highest BCUT2D eigenvalue weighted by atomic mass is 15.1. The summed E-state index contributed by atoms with van der Waals surface area (Å²) in [7, 11) is 0. The lowest BCUT2D eigenvalue weighted by Gasteiger charge is -2.20. The Kier molecular flexibility index (Phi) is 11.2. The topological polar surface area (TPSA) is 15.3 Å². The minimum absolute atomic E-state index is 1.07. The molecule has 0 saturated carbocycles. The van der Waals surface area contributed by atoms with E-state index in [-0.39, 0.29) is 0 Å². The number of nitrogens with one attached hydrogen (secondary N) is 1. The lowest BCUT2D eigenvalue weighted by molar-refractivity contribution is 0.269. The molecule has 2 nitrogen and oxygen atoms in total. The van der Waals surface area contributed by atoms with Gasteiger partial charge in [0.15, 0.2) is 0 Å². The van der Waals surface area contributed by atoms with Crippen LogP contribution in [-0.2, 0) is 0 Å². The maximum absolute atomic E-state index is 3.69. The monoisotopic (exact) mass is 238 g/mol. The summed E-state index contributed by atoms with van der Waals surface area (Å²) in [5, 5.41) is 3.39. The summed E-state index contributed by atoms with van der Waals surface area (Å²) in [4.78, 5) is 2.58. The Balaban J connectivity index is 3.53. The van der Waals surface area contributed by atoms with Crippen molar-refractivity contribution in [2.24, 2.45) is 0 Å². The summed E-state index contributed by atoms with van der Waals surface area (Å²) >= 11 is 0. The molecule has 0 atom stereocenters. The Morgan fingerprint density at radius 2 is 1.76 bits per heavy atom. The first-order chi connectivity index (χ1) is 8.24. The third kappa shape index (κ3) is 10.1. The van der Waals surface area contributed by atoms with E-state index >= 15 is 0 Å². The van der Waals surface area contributed by atoms with E-state index in [0.29, 0.717) is 0 Å². The molecular weight excluding hydrogens is 208 g/mol. The fourth-order valence-corrected chi connectivity index (χ4v) is 1.95. The Morgan fingerprint density at radius 3 is 2.29 bits per heavy atom. The molecule has 0 aliphatic rings. The average Bonchev–Trinajstić information content (AvgIpc) is 2.29. The summed E-state index contributed by atoms with van der Waals surface area (Å²) in [6, 6.07) is 0. The highest BCUT2D eigenvalue weighted by Crippen LogP contribution is 1.99. The summed E-state index contributed by atoms with van der Waals surface area (Å²) in [6.45, 7) is 15.1. The van der Waals surface area contributed by atoms with Crippen LogP contribution in [0, 0.1) is 0 Å². The fraction of sp³-hybridized carbons (Fsp3) is 0.733. The van der Waals surface area contributed by atoms with Gasteiger partial charge in [-0.1, -0.05) is 26.5 Å². The standard InChI is InChI=1S/C15H30N2/c1-5-10-15(4)16-11-8-9-14-17(12-6-2)13-7-3/h5,10,16H,1,6-9,11-14H2,2-4H3/b15-10+. The molecule has 0 radical (unpaired) electrons. The van der Waals surface area contributed by atoms with E-state index in [1.807, 2.05) is 12.2 Å². The smallest absolute Gasteiger partial charge is 0.0144 e. The van der Waals surface area contributed by atoms with Crippen LogP contribution in [-0.4, -0.2) is 31.1 Å². The number of nitrogens with zero attached hydrogens (tertiary/aromatic N) is 1. The number of hydrogen-bond donors (Lipinski definition) is 1. The molecule has 0 aromatic heterocycles. The number of hydrogen-bond acceptors (Lipinski definition) is 2. The summed E-state index contributed by atoms with van der Waals surface area (Å²) in [5.41, 5.74) is 1.21. The van der Waals surface area contributed by atoms with Crippen LogP contribution >= 0.6 is 0 Å². The van der Waals surface area contributed by atoms with Crippen LogP contribution in [0.3, 0.4) is 0 Å². The fourth-order valence-electron chi connectivity index (χ4n) is 1.95. The molecule has 1 N–H and O–H groups in total. The molecule has 0 saturated heterocycles. The van der Waals surface area contributed by atoms with Crippen molar-refractivity contribution in [1.82, 2.24) is 10.2 Å². The lowest BCUT2D eigenvalue weighted by atomic mass is 10.2. The van der Waals surface area contributed by atoms with Gasteiger partial charge >= 0.3 is 0 Å². The molecule has 0 aromatic carbocycles. The summed E-state index contributed by atoms with van der Waals surface area (Å²) in [5.74, 6) is 0. The van der Waals surface area contributed by atoms with Gasteiger partial charge in [-0.2, -0.15) is 0 Å². The van der Waals surface area contributed by atoms with Crippen molar-refractivity contribution in [2.45, 2.75) is 46.5 Å². The number of rotatable bonds is 11. The van der Waals surface area contributed by atoms with Crippen LogP contribution in [0.25, 0.3) is 0 Å². The third-order valence-electron chi connectivity index (χ3n) is 2.75. The molecule has 0 spiro atoms. The predicted octanol–water partition coefficient (Wildman–Crippen LogP) is 3.57.